The molecule has 2 aromatic heterocycles. The largest absolute Gasteiger partial charge is 0.462 e. The van der Waals surface area contributed by atoms with Gasteiger partial charge in [-0.25, -0.2) is 14.5 Å². The number of ether oxygens (including phenoxy) is 1. The predicted octanol–water partition coefficient (Wildman–Crippen LogP) is 4.80. The minimum Gasteiger partial charge on any atom is -0.462 e. The number of benzene rings is 2. The van der Waals surface area contributed by atoms with Crippen LogP contribution in [-0.2, 0) is 31.7 Å². The molecule has 4 N–H and O–H groups in total. The lowest BCUT2D eigenvalue weighted by molar-refractivity contribution is -0.149. The normalized spacial score (nSPS) is 14.8. The molecule has 12 heteroatoms. The smallest absolute Gasteiger partial charge is 0.459 e. The fourth-order valence-corrected chi connectivity index (χ4v) is 6.00. The summed E-state index contributed by atoms with van der Waals surface area (Å²) in [6.07, 6.45) is -0.964. The van der Waals surface area contributed by atoms with Crippen molar-refractivity contribution in [2.24, 2.45) is 0 Å². The zero-order valence-corrected chi connectivity index (χ0v) is 24.4. The molecular formula is C28H37N6O5P. The van der Waals surface area contributed by atoms with E-state index in [9.17, 15) is 9.36 Å². The summed E-state index contributed by atoms with van der Waals surface area (Å²) in [6.45, 7) is 10.4. The monoisotopic (exact) mass is 568 g/mol. The Labute approximate surface area is 234 Å². The number of carbonyl (C=O) groups excluding carboxylic acids is 1. The lowest BCUT2D eigenvalue weighted by atomic mass is 10.2. The maximum absolute atomic E-state index is 14.1. The molecular weight excluding hydrogens is 531 g/mol. The van der Waals surface area contributed by atoms with Gasteiger partial charge in [0.05, 0.1) is 36.3 Å². The number of aromatic nitrogens is 3. The third-order valence-electron chi connectivity index (χ3n) is 6.01. The van der Waals surface area contributed by atoms with E-state index in [1.807, 2.05) is 41.8 Å². The van der Waals surface area contributed by atoms with Gasteiger partial charge in [-0.3, -0.25) is 9.32 Å². The van der Waals surface area contributed by atoms with Crippen molar-refractivity contribution in [3.63, 3.8) is 0 Å². The molecule has 0 saturated heterocycles. The summed E-state index contributed by atoms with van der Waals surface area (Å²) in [5, 5.41) is 6.95. The Morgan fingerprint density at radius 2 is 1.75 bits per heavy atom. The van der Waals surface area contributed by atoms with Crippen molar-refractivity contribution >= 4 is 41.5 Å². The minimum absolute atomic E-state index is 0.277. The standard InChI is InChI=1S/C28H37N6O5P/c1-6-30-16-24-32-25-26(22-14-10-11-15-23(22)31-27(25)29)34(24)17-19(4)38-40(36,39-21-12-8-7-9-13-21)33-20(5)28(35)37-18(2)3/h7-15,18-20,30H,6,16-17H2,1-5H3,(H2,29,31)(H,33,36)/t19-,20-,40-/m1/s1. The van der Waals surface area contributed by atoms with Crippen LogP contribution in [-0.4, -0.2) is 45.3 Å². The molecule has 0 amide bonds. The second kappa shape index (κ2) is 12.8. The van der Waals surface area contributed by atoms with E-state index in [2.05, 4.69) is 15.4 Å². The quantitative estimate of drug-likeness (QED) is 0.152. The van der Waals surface area contributed by atoms with Gasteiger partial charge in [0.1, 0.15) is 23.1 Å². The number of nitrogens with one attached hydrogen (secondary N) is 2. The Morgan fingerprint density at radius 3 is 2.45 bits per heavy atom. The third kappa shape index (κ3) is 6.98. The number of pyridine rings is 1. The number of rotatable bonds is 13. The first-order valence-corrected chi connectivity index (χ1v) is 14.9. The van der Waals surface area contributed by atoms with Gasteiger partial charge in [0.25, 0.3) is 0 Å². The van der Waals surface area contributed by atoms with Gasteiger partial charge in [0, 0.05) is 5.39 Å². The molecule has 0 aliphatic rings. The number of imidazole rings is 1. The molecule has 0 fully saturated rings. The third-order valence-corrected chi connectivity index (χ3v) is 7.80. The van der Waals surface area contributed by atoms with Crippen LogP contribution in [0.15, 0.2) is 54.6 Å². The highest BCUT2D eigenvalue weighted by Gasteiger charge is 2.35. The second-order valence-corrected chi connectivity index (χ2v) is 11.4. The van der Waals surface area contributed by atoms with E-state index in [0.29, 0.717) is 23.6 Å². The number of anilines is 1. The van der Waals surface area contributed by atoms with Gasteiger partial charge in [-0.05, 0) is 52.4 Å². The van der Waals surface area contributed by atoms with Crippen molar-refractivity contribution in [3.05, 3.63) is 60.4 Å². The van der Waals surface area contributed by atoms with Gasteiger partial charge < -0.3 is 24.9 Å². The van der Waals surface area contributed by atoms with Crippen molar-refractivity contribution in [1.82, 2.24) is 24.9 Å². The lowest BCUT2D eigenvalue weighted by Crippen LogP contribution is -2.37. The molecule has 2 aromatic carbocycles. The van der Waals surface area contributed by atoms with E-state index in [4.69, 9.17) is 24.5 Å². The van der Waals surface area contributed by atoms with Gasteiger partial charge >= 0.3 is 13.7 Å². The Bertz CT molecular complexity index is 1510. The van der Waals surface area contributed by atoms with Crippen molar-refractivity contribution in [3.8, 4) is 5.75 Å². The molecule has 0 unspecified atom stereocenters. The fraction of sp³-hybridized carbons (Fsp3) is 0.393. The van der Waals surface area contributed by atoms with E-state index in [1.165, 1.54) is 0 Å². The number of hydrogen-bond donors (Lipinski definition) is 3. The van der Waals surface area contributed by atoms with Gasteiger partial charge in [0.15, 0.2) is 5.82 Å². The fourth-order valence-electron chi connectivity index (χ4n) is 4.32. The Kier molecular flexibility index (Phi) is 9.42. The van der Waals surface area contributed by atoms with Crippen molar-refractivity contribution < 1.29 is 23.1 Å². The Balaban J connectivity index is 1.68. The Hall–Kier alpha value is -3.50. The first-order valence-electron chi connectivity index (χ1n) is 13.4. The minimum atomic E-state index is -4.06. The van der Waals surface area contributed by atoms with E-state index in [0.717, 1.165) is 28.8 Å². The lowest BCUT2D eigenvalue weighted by Gasteiger charge is -2.26. The number of nitrogens with two attached hydrogens (primary N) is 1. The zero-order valence-electron chi connectivity index (χ0n) is 23.5. The number of nitrogens with zero attached hydrogens (tertiary/aromatic N) is 3. The topological polar surface area (TPSA) is 143 Å². The molecule has 0 aliphatic carbocycles. The molecule has 3 atom stereocenters. The number of hydrogen-bond acceptors (Lipinski definition) is 9. The van der Waals surface area contributed by atoms with Crippen LogP contribution in [0, 0.1) is 0 Å². The van der Waals surface area contributed by atoms with Gasteiger partial charge in [-0.15, -0.1) is 0 Å². The summed E-state index contributed by atoms with van der Waals surface area (Å²) in [5.41, 5.74) is 8.46. The van der Waals surface area contributed by atoms with Crippen molar-refractivity contribution in [2.75, 3.05) is 12.3 Å². The molecule has 214 valence electrons. The number of fused-ring (bicyclic) bond motifs is 3. The molecule has 40 heavy (non-hydrogen) atoms. The van der Waals surface area contributed by atoms with E-state index in [1.54, 1.807) is 52.0 Å². The van der Waals surface area contributed by atoms with Gasteiger partial charge in [-0.2, -0.15) is 5.09 Å². The average Bonchev–Trinajstić information content (AvgIpc) is 3.26. The first-order chi connectivity index (χ1) is 19.1. The maximum atomic E-state index is 14.1. The highest BCUT2D eigenvalue weighted by atomic mass is 31.2. The molecule has 0 bridgehead atoms. The highest BCUT2D eigenvalue weighted by molar-refractivity contribution is 7.52. The van der Waals surface area contributed by atoms with Gasteiger partial charge in [-0.1, -0.05) is 43.3 Å². The maximum Gasteiger partial charge on any atom is 0.459 e. The molecule has 11 nitrogen and oxygen atoms in total. The van der Waals surface area contributed by atoms with E-state index >= 15 is 0 Å². The second-order valence-electron chi connectivity index (χ2n) is 9.78. The predicted molar refractivity (Wildman–Crippen MR) is 156 cm³/mol. The Morgan fingerprint density at radius 1 is 1.05 bits per heavy atom. The van der Waals surface area contributed by atoms with Crippen molar-refractivity contribution in [2.45, 2.75) is 66.0 Å². The van der Waals surface area contributed by atoms with Crippen LogP contribution in [0.3, 0.4) is 0 Å². The van der Waals surface area contributed by atoms with Crippen LogP contribution in [0.5, 0.6) is 5.75 Å². The summed E-state index contributed by atoms with van der Waals surface area (Å²) in [5.74, 6) is 0.834. The zero-order chi connectivity index (χ0) is 28.9. The van der Waals surface area contributed by atoms with E-state index < -0.39 is 25.9 Å². The van der Waals surface area contributed by atoms with Crippen LogP contribution in [0.2, 0.25) is 0 Å². The molecule has 0 spiro atoms. The summed E-state index contributed by atoms with van der Waals surface area (Å²) < 4.78 is 33.3. The van der Waals surface area contributed by atoms with Crippen LogP contribution < -0.4 is 20.7 Å². The molecule has 4 aromatic rings. The molecule has 4 rings (SSSR count). The number of nitrogen functional groups attached to an aromatic ring is 1. The molecule has 0 radical (unpaired) electrons. The van der Waals surface area contributed by atoms with Crippen LogP contribution in [0.1, 0.15) is 40.4 Å². The van der Waals surface area contributed by atoms with Gasteiger partial charge in [0.2, 0.25) is 0 Å². The van der Waals surface area contributed by atoms with Crippen molar-refractivity contribution in [1.29, 1.82) is 0 Å². The molecule has 2 heterocycles. The number of esters is 1. The summed E-state index contributed by atoms with van der Waals surface area (Å²) in [4.78, 5) is 21.8. The van der Waals surface area contributed by atoms with Crippen LogP contribution in [0.25, 0.3) is 21.9 Å². The number of para-hydroxylation sites is 2. The average molecular weight is 569 g/mol. The molecule has 0 saturated carbocycles. The summed E-state index contributed by atoms with van der Waals surface area (Å²) in [6, 6.07) is 15.4. The van der Waals surface area contributed by atoms with Crippen LogP contribution in [0.4, 0.5) is 5.82 Å². The molecule has 0 aliphatic heterocycles. The summed E-state index contributed by atoms with van der Waals surface area (Å²) >= 11 is 0. The van der Waals surface area contributed by atoms with E-state index in [-0.39, 0.29) is 12.6 Å². The summed E-state index contributed by atoms with van der Waals surface area (Å²) in [7, 11) is -4.06. The van der Waals surface area contributed by atoms with Crippen LogP contribution >= 0.6 is 7.75 Å². The number of carbonyl (C=O) groups is 1. The first kappa shape index (κ1) is 29.5. The SMILES string of the molecule is CCNCc1nc2c(N)nc3ccccc3c2n1C[C@@H](C)O[P@](=O)(N[C@H](C)C(=O)OC(C)C)Oc1ccccc1. The highest BCUT2D eigenvalue weighted by Crippen LogP contribution is 2.46.